The number of ketones is 1. The Balaban J connectivity index is 1.44. The van der Waals surface area contributed by atoms with Crippen molar-refractivity contribution in [3.63, 3.8) is 0 Å². The molecule has 6 rings (SSSR count). The van der Waals surface area contributed by atoms with Crippen molar-refractivity contribution in [2.45, 2.75) is 30.0 Å². The highest BCUT2D eigenvalue weighted by Gasteiger charge is 2.49. The summed E-state index contributed by atoms with van der Waals surface area (Å²) in [6.07, 6.45) is 1.83. The Morgan fingerprint density at radius 1 is 1.05 bits per heavy atom. The first-order chi connectivity index (χ1) is 19.7. The van der Waals surface area contributed by atoms with E-state index in [0.29, 0.717) is 37.0 Å². The van der Waals surface area contributed by atoms with Crippen LogP contribution in [0.1, 0.15) is 34.1 Å². The van der Waals surface area contributed by atoms with Crippen molar-refractivity contribution in [1.29, 1.82) is 0 Å². The Morgan fingerprint density at radius 2 is 1.85 bits per heavy atom. The summed E-state index contributed by atoms with van der Waals surface area (Å²) >= 11 is 15.2. The van der Waals surface area contributed by atoms with Crippen LogP contribution in [0.4, 0.5) is 5.13 Å². The van der Waals surface area contributed by atoms with Crippen molar-refractivity contribution < 1.29 is 14.7 Å². The van der Waals surface area contributed by atoms with E-state index in [4.69, 9.17) is 23.2 Å². The number of halogens is 2. The monoisotopic (exact) mass is 621 g/mol. The summed E-state index contributed by atoms with van der Waals surface area (Å²) in [7, 11) is 0. The molecule has 1 aliphatic rings. The molecule has 5 aromatic rings. The number of amides is 1. The molecule has 1 N–H and O–H groups in total. The molecule has 0 radical (unpaired) electrons. The van der Waals surface area contributed by atoms with Gasteiger partial charge in [0.2, 0.25) is 5.13 Å². The van der Waals surface area contributed by atoms with Crippen molar-refractivity contribution >= 4 is 74.5 Å². The zero-order valence-electron chi connectivity index (χ0n) is 21.7. The van der Waals surface area contributed by atoms with Gasteiger partial charge in [-0.1, -0.05) is 82.7 Å². The zero-order valence-corrected chi connectivity index (χ0v) is 24.9. The van der Waals surface area contributed by atoms with Gasteiger partial charge in [0.25, 0.3) is 5.78 Å². The summed E-state index contributed by atoms with van der Waals surface area (Å²) in [6.45, 7) is 3.71. The molecular formula is C29H21Cl2N5O3S2. The minimum Gasteiger partial charge on any atom is -0.505 e. The second-order valence-corrected chi connectivity index (χ2v) is 12.4. The highest BCUT2D eigenvalue weighted by atomic mass is 35.5. The first kappa shape index (κ1) is 27.5. The zero-order chi connectivity index (χ0) is 28.8. The normalized spacial score (nSPS) is 16.7. The van der Waals surface area contributed by atoms with Crippen molar-refractivity contribution in [2.75, 3.05) is 4.90 Å². The molecule has 0 saturated carbocycles. The molecule has 0 aliphatic carbocycles. The molecular weight excluding hydrogens is 601 g/mol. The van der Waals surface area contributed by atoms with Crippen LogP contribution in [-0.4, -0.2) is 36.4 Å². The lowest BCUT2D eigenvalue weighted by molar-refractivity contribution is -0.132. The third-order valence-electron chi connectivity index (χ3n) is 6.83. The van der Waals surface area contributed by atoms with Crippen LogP contribution in [0.5, 0.6) is 0 Å². The lowest BCUT2D eigenvalue weighted by atomic mass is 9.96. The molecule has 8 nitrogen and oxygen atoms in total. The van der Waals surface area contributed by atoms with E-state index < -0.39 is 17.7 Å². The van der Waals surface area contributed by atoms with Gasteiger partial charge in [-0.05, 0) is 54.8 Å². The molecule has 0 spiro atoms. The number of fused-ring (bicyclic) bond motifs is 1. The fraction of sp³-hybridized carbons (Fsp3) is 0.138. The number of hydrogen-bond acceptors (Lipinski definition) is 8. The minimum atomic E-state index is -0.992. The fourth-order valence-corrected chi connectivity index (χ4v) is 7.16. The maximum atomic E-state index is 13.6. The van der Waals surface area contributed by atoms with E-state index >= 15 is 0 Å². The van der Waals surface area contributed by atoms with Crippen LogP contribution in [0.15, 0.2) is 76.8 Å². The van der Waals surface area contributed by atoms with Crippen LogP contribution in [-0.2, 0) is 15.3 Å². The second kappa shape index (κ2) is 10.9. The van der Waals surface area contributed by atoms with Crippen LogP contribution < -0.4 is 4.90 Å². The summed E-state index contributed by atoms with van der Waals surface area (Å²) in [6, 6.07) is 17.1. The lowest BCUT2D eigenvalue weighted by Gasteiger charge is -2.22. The van der Waals surface area contributed by atoms with Crippen molar-refractivity contribution in [1.82, 2.24) is 19.6 Å². The standard InChI is InChI=1S/C29H21Cl2N5O3S2/c1-15-7-6-12-35-16(2)22(32-26(15)35)24(37)21-23(17-9-5-10-19(30)13-17)36(27(39)25(21)38)28-33-34-29(41-28)40-14-18-8-3-4-11-20(18)31/h3-13,23,37H,14H2,1-2H3. The third-order valence-corrected chi connectivity index (χ3v) is 9.54. The SMILES string of the molecule is Cc1cccn2c(C)c(C(O)=C3C(=O)C(=O)N(c4nnc(SCc5ccccc5Cl)s4)C3c3cccc(Cl)c3)nc12. The molecule has 206 valence electrons. The number of carbonyl (C=O) groups is 2. The Bertz CT molecular complexity index is 1880. The first-order valence-electron chi connectivity index (χ1n) is 12.5. The van der Waals surface area contributed by atoms with Crippen molar-refractivity contribution in [3.8, 4) is 0 Å². The summed E-state index contributed by atoms with van der Waals surface area (Å²) in [5, 5.41) is 21.4. The van der Waals surface area contributed by atoms with Crippen LogP contribution in [0.3, 0.4) is 0 Å². The molecule has 1 fully saturated rings. The predicted octanol–water partition coefficient (Wildman–Crippen LogP) is 7.03. The van der Waals surface area contributed by atoms with Crippen molar-refractivity contribution in [3.05, 3.63) is 111 Å². The molecule has 1 unspecified atom stereocenters. The molecule has 1 aliphatic heterocycles. The second-order valence-electron chi connectivity index (χ2n) is 9.39. The minimum absolute atomic E-state index is 0.0955. The Kier molecular flexibility index (Phi) is 7.33. The van der Waals surface area contributed by atoms with E-state index in [-0.39, 0.29) is 22.2 Å². The summed E-state index contributed by atoms with van der Waals surface area (Å²) in [4.78, 5) is 33.0. The first-order valence-corrected chi connectivity index (χ1v) is 15.0. The quantitative estimate of drug-likeness (QED) is 0.0714. The number of benzene rings is 2. The summed E-state index contributed by atoms with van der Waals surface area (Å²) in [5.74, 6) is -1.49. The Hall–Kier alpha value is -3.70. The number of aliphatic hydroxyl groups is 1. The van der Waals surface area contributed by atoms with Crippen LogP contribution in [0.25, 0.3) is 11.4 Å². The van der Waals surface area contributed by atoms with Gasteiger partial charge in [-0.25, -0.2) is 4.98 Å². The smallest absolute Gasteiger partial charge is 0.301 e. The number of aryl methyl sites for hydroxylation is 2. The van der Waals surface area contributed by atoms with Gasteiger partial charge >= 0.3 is 5.91 Å². The largest absolute Gasteiger partial charge is 0.505 e. The van der Waals surface area contributed by atoms with Gasteiger partial charge in [0.1, 0.15) is 11.3 Å². The van der Waals surface area contributed by atoms with Crippen molar-refractivity contribution in [2.24, 2.45) is 0 Å². The van der Waals surface area contributed by atoms with E-state index in [9.17, 15) is 14.7 Å². The number of rotatable bonds is 6. The average Bonchev–Trinajstić information content (AvgIpc) is 3.63. The number of carbonyl (C=O) groups excluding carboxylic acids is 2. The van der Waals surface area contributed by atoms with Gasteiger partial charge < -0.3 is 9.51 Å². The van der Waals surface area contributed by atoms with Gasteiger partial charge in [-0.2, -0.15) is 0 Å². The number of imidazole rings is 1. The molecule has 4 heterocycles. The molecule has 12 heteroatoms. The fourth-order valence-electron chi connectivity index (χ4n) is 4.81. The number of anilines is 1. The summed E-state index contributed by atoms with van der Waals surface area (Å²) in [5.41, 5.74) is 3.78. The van der Waals surface area contributed by atoms with Gasteiger partial charge in [0.15, 0.2) is 10.1 Å². The molecule has 3 aromatic heterocycles. The molecule has 2 aromatic carbocycles. The van der Waals surface area contributed by atoms with Crippen LogP contribution in [0.2, 0.25) is 10.0 Å². The number of thioether (sulfide) groups is 1. The predicted molar refractivity (Wildman–Crippen MR) is 162 cm³/mol. The number of hydrogen-bond donors (Lipinski definition) is 1. The lowest BCUT2D eigenvalue weighted by Crippen LogP contribution is -2.29. The van der Waals surface area contributed by atoms with Gasteiger partial charge in [-0.3, -0.25) is 14.5 Å². The van der Waals surface area contributed by atoms with E-state index in [0.717, 1.165) is 11.1 Å². The van der Waals surface area contributed by atoms with Gasteiger partial charge in [-0.15, -0.1) is 10.2 Å². The highest BCUT2D eigenvalue weighted by molar-refractivity contribution is 8.00. The van der Waals surface area contributed by atoms with E-state index in [1.165, 1.54) is 28.0 Å². The van der Waals surface area contributed by atoms with Gasteiger partial charge in [0, 0.05) is 22.0 Å². The molecule has 0 bridgehead atoms. The molecule has 1 atom stereocenters. The number of Topliss-reactive ketones (excluding diaryl/α,β-unsaturated/α-hetero) is 1. The number of aromatic nitrogens is 4. The molecule has 1 saturated heterocycles. The number of nitrogens with zero attached hydrogens (tertiary/aromatic N) is 5. The number of aliphatic hydroxyl groups excluding tert-OH is 1. The third kappa shape index (κ3) is 4.91. The van der Waals surface area contributed by atoms with E-state index in [1.807, 2.05) is 53.9 Å². The maximum absolute atomic E-state index is 13.6. The Labute approximate surface area is 253 Å². The van der Waals surface area contributed by atoms with Crippen LogP contribution in [0, 0.1) is 13.8 Å². The van der Waals surface area contributed by atoms with E-state index in [2.05, 4.69) is 15.2 Å². The topological polar surface area (TPSA) is 101 Å². The van der Waals surface area contributed by atoms with Gasteiger partial charge in [0.05, 0.1) is 17.3 Å². The highest BCUT2D eigenvalue weighted by Crippen LogP contribution is 2.44. The Morgan fingerprint density at radius 3 is 2.61 bits per heavy atom. The number of pyridine rings is 1. The molecule has 41 heavy (non-hydrogen) atoms. The maximum Gasteiger partial charge on any atom is 0.301 e. The van der Waals surface area contributed by atoms with Crippen LogP contribution >= 0.6 is 46.3 Å². The average molecular weight is 623 g/mol. The molecule has 1 amide bonds. The van der Waals surface area contributed by atoms with E-state index in [1.54, 1.807) is 31.2 Å². The summed E-state index contributed by atoms with van der Waals surface area (Å²) < 4.78 is 2.43.